The second-order valence-corrected chi connectivity index (χ2v) is 3.08. The summed E-state index contributed by atoms with van der Waals surface area (Å²) in [5.41, 5.74) is 0.909. The van der Waals surface area contributed by atoms with Gasteiger partial charge in [0.2, 0.25) is 0 Å². The van der Waals surface area contributed by atoms with Crippen LogP contribution >= 0.6 is 11.6 Å². The van der Waals surface area contributed by atoms with Gasteiger partial charge in [-0.1, -0.05) is 23.7 Å². The summed E-state index contributed by atoms with van der Waals surface area (Å²) in [4.78, 5) is 0. The van der Waals surface area contributed by atoms with E-state index in [4.69, 9.17) is 26.1 Å². The summed E-state index contributed by atoms with van der Waals surface area (Å²) in [7, 11) is -1.53. The van der Waals surface area contributed by atoms with Crippen molar-refractivity contribution in [3.8, 4) is 0 Å². The fraction of sp³-hybridized carbons (Fsp3) is 0. The molecule has 1 aromatic heterocycles. The van der Waals surface area contributed by atoms with Gasteiger partial charge in [-0.05, 0) is 11.5 Å². The molecule has 0 aliphatic rings. The highest BCUT2D eigenvalue weighted by molar-refractivity contribution is 6.63. The molecule has 3 nitrogen and oxygen atoms in total. The van der Waals surface area contributed by atoms with Gasteiger partial charge in [-0.15, -0.1) is 0 Å². The van der Waals surface area contributed by atoms with E-state index in [0.717, 1.165) is 0 Å². The first kappa shape index (κ1) is 8.63. The molecule has 1 heterocycles. The van der Waals surface area contributed by atoms with Gasteiger partial charge in [0, 0.05) is 5.39 Å². The van der Waals surface area contributed by atoms with Gasteiger partial charge in [0.05, 0.1) is 5.02 Å². The number of furan rings is 1. The molecule has 13 heavy (non-hydrogen) atoms. The van der Waals surface area contributed by atoms with Crippen LogP contribution in [0.2, 0.25) is 5.02 Å². The van der Waals surface area contributed by atoms with E-state index in [1.54, 1.807) is 18.2 Å². The Kier molecular flexibility index (Phi) is 2.03. The van der Waals surface area contributed by atoms with E-state index < -0.39 is 7.12 Å². The molecular weight excluding hydrogens is 190 g/mol. The molecule has 1 aromatic carbocycles. The molecule has 0 bridgehead atoms. The quantitative estimate of drug-likeness (QED) is 0.662. The van der Waals surface area contributed by atoms with Crippen LogP contribution in [0.25, 0.3) is 11.0 Å². The Morgan fingerprint density at radius 1 is 1.31 bits per heavy atom. The number of halogens is 1. The Bertz CT molecular complexity index is 438. The molecule has 2 aromatic rings. The average Bonchev–Trinajstić information content (AvgIpc) is 2.48. The predicted octanol–water partition coefficient (Wildman–Crippen LogP) is 0.766. The maximum absolute atomic E-state index is 9.02. The first-order valence-electron chi connectivity index (χ1n) is 3.72. The zero-order chi connectivity index (χ0) is 9.42. The van der Waals surface area contributed by atoms with Gasteiger partial charge in [-0.2, -0.15) is 0 Å². The fourth-order valence-electron chi connectivity index (χ4n) is 1.29. The van der Waals surface area contributed by atoms with Gasteiger partial charge in [0.15, 0.2) is 0 Å². The minimum atomic E-state index is -1.53. The Hall–Kier alpha value is -0.965. The summed E-state index contributed by atoms with van der Waals surface area (Å²) in [6.07, 6.45) is 1.37. The molecule has 0 fully saturated rings. The van der Waals surface area contributed by atoms with Crippen molar-refractivity contribution in [1.82, 2.24) is 0 Å². The topological polar surface area (TPSA) is 53.6 Å². The summed E-state index contributed by atoms with van der Waals surface area (Å²) >= 11 is 5.81. The summed E-state index contributed by atoms with van der Waals surface area (Å²) in [6, 6.07) is 4.98. The van der Waals surface area contributed by atoms with Crippen molar-refractivity contribution >= 4 is 35.2 Å². The molecule has 0 unspecified atom stereocenters. The van der Waals surface area contributed by atoms with Gasteiger partial charge in [-0.3, -0.25) is 0 Å². The molecule has 5 heteroatoms. The smallest absolute Gasteiger partial charge is 0.463 e. The molecule has 0 atom stereocenters. The maximum Gasteiger partial charge on any atom is 0.489 e. The molecule has 0 saturated carbocycles. The number of fused-ring (bicyclic) bond motifs is 1. The monoisotopic (exact) mass is 196 g/mol. The van der Waals surface area contributed by atoms with Crippen LogP contribution in [0.1, 0.15) is 0 Å². The zero-order valence-corrected chi connectivity index (χ0v) is 7.32. The van der Waals surface area contributed by atoms with Crippen LogP contribution in [-0.4, -0.2) is 17.2 Å². The molecule has 2 rings (SSSR count). The van der Waals surface area contributed by atoms with E-state index in [-0.39, 0.29) is 0 Å². The number of hydrogen-bond donors (Lipinski definition) is 2. The van der Waals surface area contributed by atoms with E-state index in [0.29, 0.717) is 21.5 Å². The fourth-order valence-corrected chi connectivity index (χ4v) is 1.54. The zero-order valence-electron chi connectivity index (χ0n) is 6.57. The minimum Gasteiger partial charge on any atom is -0.463 e. The number of benzene rings is 1. The summed E-state index contributed by atoms with van der Waals surface area (Å²) < 4.78 is 5.09. The van der Waals surface area contributed by atoms with Crippen molar-refractivity contribution in [3.05, 3.63) is 29.5 Å². The van der Waals surface area contributed by atoms with Gasteiger partial charge >= 0.3 is 7.12 Å². The molecule has 0 radical (unpaired) electrons. The lowest BCUT2D eigenvalue weighted by Gasteiger charge is -1.99. The normalized spacial score (nSPS) is 10.7. The third-order valence-electron chi connectivity index (χ3n) is 1.86. The molecule has 0 spiro atoms. The van der Waals surface area contributed by atoms with Gasteiger partial charge in [0.1, 0.15) is 11.8 Å². The van der Waals surface area contributed by atoms with E-state index in [9.17, 15) is 0 Å². The number of rotatable bonds is 1. The highest BCUT2D eigenvalue weighted by Gasteiger charge is 2.17. The highest BCUT2D eigenvalue weighted by atomic mass is 35.5. The number of hydrogen-bond acceptors (Lipinski definition) is 3. The van der Waals surface area contributed by atoms with Crippen LogP contribution in [0.15, 0.2) is 28.9 Å². The van der Waals surface area contributed by atoms with Crippen molar-refractivity contribution in [3.63, 3.8) is 0 Å². The highest BCUT2D eigenvalue weighted by Crippen LogP contribution is 2.23. The van der Waals surface area contributed by atoms with Crippen molar-refractivity contribution in [1.29, 1.82) is 0 Å². The average molecular weight is 196 g/mol. The van der Waals surface area contributed by atoms with Crippen molar-refractivity contribution in [2.45, 2.75) is 0 Å². The molecule has 0 saturated heterocycles. The predicted molar refractivity (Wildman–Crippen MR) is 51.0 cm³/mol. The Labute approximate surface area is 79.7 Å². The van der Waals surface area contributed by atoms with Gasteiger partial charge in [-0.25, -0.2) is 0 Å². The Morgan fingerprint density at radius 3 is 2.77 bits per heavy atom. The van der Waals surface area contributed by atoms with Crippen LogP contribution in [0.5, 0.6) is 0 Å². The van der Waals surface area contributed by atoms with Crippen LogP contribution in [0.3, 0.4) is 0 Å². The SMILES string of the molecule is OB(O)c1cccc2occ(Cl)c12. The second kappa shape index (κ2) is 3.07. The summed E-state index contributed by atoms with van der Waals surface area (Å²) in [6.45, 7) is 0. The molecule has 0 amide bonds. The van der Waals surface area contributed by atoms with Crippen molar-refractivity contribution < 1.29 is 14.5 Å². The Morgan fingerprint density at radius 2 is 2.08 bits per heavy atom. The third-order valence-corrected chi connectivity index (χ3v) is 2.14. The van der Waals surface area contributed by atoms with E-state index in [1.165, 1.54) is 6.26 Å². The lowest BCUT2D eigenvalue weighted by Crippen LogP contribution is -2.30. The first-order chi connectivity index (χ1) is 6.20. The molecule has 2 N–H and O–H groups in total. The van der Waals surface area contributed by atoms with E-state index >= 15 is 0 Å². The summed E-state index contributed by atoms with van der Waals surface area (Å²) in [5.74, 6) is 0. The van der Waals surface area contributed by atoms with Crippen LogP contribution in [0, 0.1) is 0 Å². The van der Waals surface area contributed by atoms with Crippen LogP contribution in [0.4, 0.5) is 0 Å². The Balaban J connectivity index is 2.80. The largest absolute Gasteiger partial charge is 0.489 e. The van der Waals surface area contributed by atoms with Crippen molar-refractivity contribution in [2.75, 3.05) is 0 Å². The maximum atomic E-state index is 9.02. The van der Waals surface area contributed by atoms with Crippen LogP contribution in [-0.2, 0) is 0 Å². The van der Waals surface area contributed by atoms with Crippen LogP contribution < -0.4 is 5.46 Å². The molecular formula is C8H6BClO3. The standard InChI is InChI=1S/C8H6BClO3/c10-6-4-13-7-3-1-2-5(8(6)7)9(11)12/h1-4,11-12H. The van der Waals surface area contributed by atoms with E-state index in [1.807, 2.05) is 0 Å². The second-order valence-electron chi connectivity index (χ2n) is 2.68. The first-order valence-corrected chi connectivity index (χ1v) is 4.09. The van der Waals surface area contributed by atoms with Crippen molar-refractivity contribution in [2.24, 2.45) is 0 Å². The summed E-state index contributed by atoms with van der Waals surface area (Å²) in [5, 5.41) is 19.0. The molecule has 0 aliphatic carbocycles. The molecule has 66 valence electrons. The van der Waals surface area contributed by atoms with Gasteiger partial charge in [0.25, 0.3) is 0 Å². The molecule has 0 aliphatic heterocycles. The lowest BCUT2D eigenvalue weighted by atomic mass is 9.78. The van der Waals surface area contributed by atoms with Gasteiger partial charge < -0.3 is 14.5 Å². The minimum absolute atomic E-state index is 0.358. The third kappa shape index (κ3) is 1.33. The lowest BCUT2D eigenvalue weighted by molar-refractivity contribution is 0.426. The van der Waals surface area contributed by atoms with E-state index in [2.05, 4.69) is 0 Å².